The summed E-state index contributed by atoms with van der Waals surface area (Å²) in [6.45, 7) is 2.10. The molecule has 0 aliphatic heterocycles. The highest BCUT2D eigenvalue weighted by Crippen LogP contribution is 2.29. The summed E-state index contributed by atoms with van der Waals surface area (Å²) in [7, 11) is 0. The van der Waals surface area contributed by atoms with Gasteiger partial charge in [0.05, 0.1) is 0 Å². The van der Waals surface area contributed by atoms with Crippen LogP contribution in [0.15, 0.2) is 0 Å². The van der Waals surface area contributed by atoms with Crippen molar-refractivity contribution in [1.82, 2.24) is 0 Å². The van der Waals surface area contributed by atoms with E-state index >= 15 is 0 Å². The maximum absolute atomic E-state index is 5.67. The van der Waals surface area contributed by atoms with Gasteiger partial charge in [0, 0.05) is 5.92 Å². The van der Waals surface area contributed by atoms with Crippen LogP contribution in [0, 0.1) is 5.92 Å². The Morgan fingerprint density at radius 3 is 1.73 bits per heavy atom. The molecule has 0 aliphatic rings. The zero-order valence-corrected chi connectivity index (χ0v) is 9.39. The highest BCUT2D eigenvalue weighted by Gasteiger charge is 2.22. The summed E-state index contributed by atoms with van der Waals surface area (Å²) < 4.78 is 0. The van der Waals surface area contributed by atoms with E-state index in [1.807, 2.05) is 0 Å². The molecule has 0 radical (unpaired) electrons. The van der Waals surface area contributed by atoms with Crippen molar-refractivity contribution < 1.29 is 0 Å². The molecule has 11 heavy (non-hydrogen) atoms. The average molecular weight is 238 g/mol. The summed E-state index contributed by atoms with van der Waals surface area (Å²) in [4.78, 5) is -0.914. The van der Waals surface area contributed by atoms with Crippen molar-refractivity contribution in [3.8, 4) is 0 Å². The lowest BCUT2D eigenvalue weighted by Crippen LogP contribution is -2.16. The minimum absolute atomic E-state index is 0.00150. The van der Waals surface area contributed by atoms with E-state index < -0.39 is 9.67 Å². The zero-order valence-electron chi connectivity index (χ0n) is 6.37. The lowest BCUT2D eigenvalue weighted by atomic mass is 10.1. The van der Waals surface area contributed by atoms with Crippen molar-refractivity contribution >= 4 is 46.4 Å². The van der Waals surface area contributed by atoms with Crippen LogP contribution >= 0.6 is 46.4 Å². The van der Waals surface area contributed by atoms with Crippen LogP contribution in [-0.4, -0.2) is 9.67 Å². The number of unbranched alkanes of at least 4 members (excludes halogenated alkanes) is 1. The van der Waals surface area contributed by atoms with Crippen LogP contribution < -0.4 is 0 Å². The summed E-state index contributed by atoms with van der Waals surface area (Å²) in [5, 5.41) is 0. The predicted molar refractivity (Wildman–Crippen MR) is 54.0 cm³/mol. The minimum atomic E-state index is -0.457. The Kier molecular flexibility index (Phi) is 7.35. The third-order valence-electron chi connectivity index (χ3n) is 1.54. The molecule has 0 aromatic heterocycles. The fourth-order valence-electron chi connectivity index (χ4n) is 0.802. The van der Waals surface area contributed by atoms with Gasteiger partial charge in [-0.15, -0.1) is 46.4 Å². The molecule has 0 bridgehead atoms. The lowest BCUT2D eigenvalue weighted by Gasteiger charge is -2.17. The van der Waals surface area contributed by atoms with Crippen LogP contribution in [0.3, 0.4) is 0 Å². The van der Waals surface area contributed by atoms with Crippen molar-refractivity contribution in [2.24, 2.45) is 5.92 Å². The van der Waals surface area contributed by atoms with Gasteiger partial charge in [-0.25, -0.2) is 0 Å². The molecule has 0 aromatic carbocycles. The maximum atomic E-state index is 5.67. The van der Waals surface area contributed by atoms with Gasteiger partial charge >= 0.3 is 0 Å². The second-order valence-electron chi connectivity index (χ2n) is 2.47. The third kappa shape index (κ3) is 5.41. The van der Waals surface area contributed by atoms with Crippen molar-refractivity contribution in [2.75, 3.05) is 0 Å². The number of alkyl halides is 4. The minimum Gasteiger partial charge on any atom is -0.105 e. The Labute approximate surface area is 88.1 Å². The second-order valence-corrected chi connectivity index (χ2v) is 4.80. The summed E-state index contributed by atoms with van der Waals surface area (Å²) in [6, 6.07) is 0. The molecule has 0 nitrogen and oxygen atoms in total. The summed E-state index contributed by atoms with van der Waals surface area (Å²) in [5.41, 5.74) is 0. The van der Waals surface area contributed by atoms with Crippen LogP contribution in [-0.2, 0) is 0 Å². The SMILES string of the molecule is CCCCC(C(Cl)Cl)C(Cl)Cl. The standard InChI is InChI=1S/C7H12Cl4/c1-2-3-4-5(6(8)9)7(10)11/h5-7H,2-4H2,1H3. The summed E-state index contributed by atoms with van der Waals surface area (Å²) in [5.74, 6) is 0.00150. The topological polar surface area (TPSA) is 0 Å². The highest BCUT2D eigenvalue weighted by atomic mass is 35.5. The first-order chi connectivity index (χ1) is 5.09. The molecular weight excluding hydrogens is 226 g/mol. The van der Waals surface area contributed by atoms with E-state index in [0.29, 0.717) is 0 Å². The Balaban J connectivity index is 3.70. The second kappa shape index (κ2) is 6.65. The molecule has 0 heterocycles. The van der Waals surface area contributed by atoms with E-state index in [1.54, 1.807) is 0 Å². The van der Waals surface area contributed by atoms with Gasteiger partial charge in [-0.2, -0.15) is 0 Å². The fraction of sp³-hybridized carbons (Fsp3) is 1.00. The number of hydrogen-bond acceptors (Lipinski definition) is 0. The predicted octanol–water partition coefficient (Wildman–Crippen LogP) is 4.40. The van der Waals surface area contributed by atoms with E-state index in [0.717, 1.165) is 19.3 Å². The third-order valence-corrected chi connectivity index (χ3v) is 2.83. The van der Waals surface area contributed by atoms with Crippen molar-refractivity contribution in [3.05, 3.63) is 0 Å². The molecule has 0 aromatic rings. The number of hydrogen-bond donors (Lipinski definition) is 0. The highest BCUT2D eigenvalue weighted by molar-refractivity contribution is 6.48. The molecule has 0 fully saturated rings. The molecule has 0 saturated carbocycles. The van der Waals surface area contributed by atoms with Gasteiger partial charge in [-0.1, -0.05) is 19.8 Å². The van der Waals surface area contributed by atoms with Crippen molar-refractivity contribution in [3.63, 3.8) is 0 Å². The summed E-state index contributed by atoms with van der Waals surface area (Å²) in [6.07, 6.45) is 3.07. The van der Waals surface area contributed by atoms with E-state index in [1.165, 1.54) is 0 Å². The Morgan fingerprint density at radius 1 is 1.00 bits per heavy atom. The Morgan fingerprint density at radius 2 is 1.45 bits per heavy atom. The molecule has 0 amide bonds. The molecule has 0 rings (SSSR count). The lowest BCUT2D eigenvalue weighted by molar-refractivity contribution is 0.522. The first-order valence-corrected chi connectivity index (χ1v) is 5.40. The van der Waals surface area contributed by atoms with E-state index in [4.69, 9.17) is 46.4 Å². The van der Waals surface area contributed by atoms with E-state index in [-0.39, 0.29) is 5.92 Å². The summed E-state index contributed by atoms with van der Waals surface area (Å²) >= 11 is 22.7. The van der Waals surface area contributed by atoms with Gasteiger partial charge < -0.3 is 0 Å². The molecule has 0 unspecified atom stereocenters. The maximum Gasteiger partial charge on any atom is 0.113 e. The number of rotatable bonds is 5. The molecule has 0 atom stereocenters. The van der Waals surface area contributed by atoms with E-state index in [9.17, 15) is 0 Å². The van der Waals surface area contributed by atoms with Crippen LogP contribution in [0.2, 0.25) is 0 Å². The fourth-order valence-corrected chi connectivity index (χ4v) is 2.19. The quantitative estimate of drug-likeness (QED) is 0.622. The Hall–Kier alpha value is 1.16. The monoisotopic (exact) mass is 236 g/mol. The van der Waals surface area contributed by atoms with E-state index in [2.05, 4.69) is 6.92 Å². The normalized spacial score (nSPS) is 12.0. The van der Waals surface area contributed by atoms with Gasteiger partial charge in [0.15, 0.2) is 0 Å². The van der Waals surface area contributed by atoms with Gasteiger partial charge in [0.2, 0.25) is 0 Å². The first-order valence-electron chi connectivity index (χ1n) is 3.65. The number of halogens is 4. The molecule has 0 saturated heterocycles. The molecule has 0 N–H and O–H groups in total. The van der Waals surface area contributed by atoms with Gasteiger partial charge in [0.1, 0.15) is 9.67 Å². The first kappa shape index (κ1) is 12.2. The molecule has 4 heteroatoms. The molecular formula is C7H12Cl4. The van der Waals surface area contributed by atoms with Crippen LogP contribution in [0.4, 0.5) is 0 Å². The van der Waals surface area contributed by atoms with Crippen molar-refractivity contribution in [1.29, 1.82) is 0 Å². The average Bonchev–Trinajstić information content (AvgIpc) is 1.87. The molecule has 68 valence electrons. The smallest absolute Gasteiger partial charge is 0.105 e. The molecule has 0 spiro atoms. The van der Waals surface area contributed by atoms with Crippen LogP contribution in [0.25, 0.3) is 0 Å². The van der Waals surface area contributed by atoms with Crippen LogP contribution in [0.5, 0.6) is 0 Å². The van der Waals surface area contributed by atoms with Crippen molar-refractivity contribution in [2.45, 2.75) is 35.9 Å². The van der Waals surface area contributed by atoms with Gasteiger partial charge in [0.25, 0.3) is 0 Å². The Bertz CT molecular complexity index is 84.4. The zero-order chi connectivity index (χ0) is 8.85. The largest absolute Gasteiger partial charge is 0.113 e. The molecule has 0 aliphatic carbocycles. The van der Waals surface area contributed by atoms with Crippen LogP contribution in [0.1, 0.15) is 26.2 Å². The van der Waals surface area contributed by atoms with Gasteiger partial charge in [-0.05, 0) is 6.42 Å². The van der Waals surface area contributed by atoms with Gasteiger partial charge in [-0.3, -0.25) is 0 Å².